The number of anilines is 1. The first-order valence-corrected chi connectivity index (χ1v) is 9.58. The molecular formula is C21H17Cl2N3OS. The molecule has 0 atom stereocenters. The van der Waals surface area contributed by atoms with Crippen molar-refractivity contribution in [2.75, 3.05) is 5.32 Å². The molecule has 0 aromatic heterocycles. The van der Waals surface area contributed by atoms with Gasteiger partial charge in [0.15, 0.2) is 5.11 Å². The lowest BCUT2D eigenvalue weighted by Gasteiger charge is -2.09. The monoisotopic (exact) mass is 429 g/mol. The summed E-state index contributed by atoms with van der Waals surface area (Å²) < 4.78 is 5.81. The second-order valence-electron chi connectivity index (χ2n) is 5.79. The quantitative estimate of drug-likeness (QED) is 0.291. The summed E-state index contributed by atoms with van der Waals surface area (Å²) in [4.78, 5) is 0. The van der Waals surface area contributed by atoms with Crippen LogP contribution in [-0.4, -0.2) is 11.3 Å². The standard InChI is InChI=1S/C21H17Cl2N3OS/c22-17-10-9-16(20(23)12-17)14-27-19-8-4-5-15(11-19)13-24-26-21(28)25-18-6-2-1-3-7-18/h1-13H,14H2,(H2,25,26,28)/b24-13+. The van der Waals surface area contributed by atoms with Gasteiger partial charge in [-0.25, -0.2) is 0 Å². The zero-order valence-electron chi connectivity index (χ0n) is 14.7. The Morgan fingerprint density at radius 1 is 1.00 bits per heavy atom. The Hall–Kier alpha value is -2.60. The van der Waals surface area contributed by atoms with Crippen molar-refractivity contribution < 1.29 is 4.74 Å². The molecule has 0 saturated carbocycles. The summed E-state index contributed by atoms with van der Waals surface area (Å²) >= 11 is 17.3. The molecule has 142 valence electrons. The highest BCUT2D eigenvalue weighted by molar-refractivity contribution is 7.80. The van der Waals surface area contributed by atoms with Crippen LogP contribution >= 0.6 is 35.4 Å². The summed E-state index contributed by atoms with van der Waals surface area (Å²) in [6.45, 7) is 0.347. The molecule has 0 fully saturated rings. The number of para-hydroxylation sites is 1. The van der Waals surface area contributed by atoms with E-state index in [1.165, 1.54) is 0 Å². The molecule has 7 heteroatoms. The van der Waals surface area contributed by atoms with Crippen LogP contribution in [0.15, 0.2) is 77.9 Å². The Labute approximate surface area is 179 Å². The van der Waals surface area contributed by atoms with E-state index < -0.39 is 0 Å². The van der Waals surface area contributed by atoms with E-state index in [0.29, 0.717) is 27.5 Å². The molecule has 0 spiro atoms. The normalized spacial score (nSPS) is 10.6. The van der Waals surface area contributed by atoms with Gasteiger partial charge in [-0.2, -0.15) is 5.10 Å². The maximum absolute atomic E-state index is 6.17. The number of hydrogen-bond acceptors (Lipinski definition) is 3. The fraction of sp³-hybridized carbons (Fsp3) is 0.0476. The highest BCUT2D eigenvalue weighted by Crippen LogP contribution is 2.23. The van der Waals surface area contributed by atoms with Crippen LogP contribution in [0.2, 0.25) is 10.0 Å². The molecule has 28 heavy (non-hydrogen) atoms. The lowest BCUT2D eigenvalue weighted by molar-refractivity contribution is 0.306. The topological polar surface area (TPSA) is 45.7 Å². The van der Waals surface area contributed by atoms with Crippen LogP contribution in [0.5, 0.6) is 5.75 Å². The first-order chi connectivity index (χ1) is 13.6. The average molecular weight is 430 g/mol. The zero-order chi connectivity index (χ0) is 19.8. The van der Waals surface area contributed by atoms with Gasteiger partial charge in [-0.15, -0.1) is 0 Å². The Morgan fingerprint density at radius 3 is 2.61 bits per heavy atom. The minimum absolute atomic E-state index is 0.347. The van der Waals surface area contributed by atoms with Gasteiger partial charge in [0, 0.05) is 21.3 Å². The average Bonchev–Trinajstić information content (AvgIpc) is 2.68. The molecular weight excluding hydrogens is 413 g/mol. The number of nitrogens with one attached hydrogen (secondary N) is 2. The van der Waals surface area contributed by atoms with Crippen LogP contribution in [0.4, 0.5) is 5.69 Å². The molecule has 0 radical (unpaired) electrons. The van der Waals surface area contributed by atoms with Crippen molar-refractivity contribution in [2.45, 2.75) is 6.61 Å². The molecule has 0 aliphatic rings. The van der Waals surface area contributed by atoms with Crippen LogP contribution in [0.3, 0.4) is 0 Å². The van der Waals surface area contributed by atoms with Crippen molar-refractivity contribution >= 4 is 52.4 Å². The van der Waals surface area contributed by atoms with Gasteiger partial charge in [-0.05, 0) is 54.2 Å². The maximum atomic E-state index is 6.17. The van der Waals surface area contributed by atoms with E-state index in [1.54, 1.807) is 18.3 Å². The van der Waals surface area contributed by atoms with Gasteiger partial charge in [-0.1, -0.05) is 59.6 Å². The summed E-state index contributed by atoms with van der Waals surface area (Å²) in [5.74, 6) is 0.708. The molecule has 2 N–H and O–H groups in total. The van der Waals surface area contributed by atoms with Gasteiger partial charge in [0.25, 0.3) is 0 Å². The molecule has 4 nitrogen and oxygen atoms in total. The van der Waals surface area contributed by atoms with Crippen LogP contribution < -0.4 is 15.5 Å². The predicted molar refractivity (Wildman–Crippen MR) is 121 cm³/mol. The van der Waals surface area contributed by atoms with Crippen molar-refractivity contribution in [1.82, 2.24) is 5.43 Å². The number of benzene rings is 3. The van der Waals surface area contributed by atoms with Crippen LogP contribution in [0.25, 0.3) is 0 Å². The number of halogens is 2. The molecule has 0 saturated heterocycles. The van der Waals surface area contributed by atoms with Crippen LogP contribution in [0.1, 0.15) is 11.1 Å². The number of rotatable bonds is 6. The summed E-state index contributed by atoms with van der Waals surface area (Å²) in [6, 6.07) is 22.5. The van der Waals surface area contributed by atoms with Crippen LogP contribution in [-0.2, 0) is 6.61 Å². The number of thiocarbonyl (C=S) groups is 1. The van der Waals surface area contributed by atoms with Gasteiger partial charge in [0.2, 0.25) is 0 Å². The Kier molecular flexibility index (Phi) is 7.25. The fourth-order valence-corrected chi connectivity index (χ4v) is 2.96. The van der Waals surface area contributed by atoms with Gasteiger partial charge in [0.1, 0.15) is 12.4 Å². The molecule has 0 aliphatic heterocycles. The lowest BCUT2D eigenvalue weighted by Crippen LogP contribution is -2.23. The van der Waals surface area contributed by atoms with Gasteiger partial charge in [0.05, 0.1) is 6.21 Å². The molecule has 0 aliphatic carbocycles. The largest absolute Gasteiger partial charge is 0.489 e. The van der Waals surface area contributed by atoms with Crippen molar-refractivity contribution in [2.24, 2.45) is 5.10 Å². The van der Waals surface area contributed by atoms with Crippen LogP contribution in [0, 0.1) is 0 Å². The third-order valence-electron chi connectivity index (χ3n) is 3.68. The van der Waals surface area contributed by atoms with Gasteiger partial charge >= 0.3 is 0 Å². The van der Waals surface area contributed by atoms with E-state index >= 15 is 0 Å². The smallest absolute Gasteiger partial charge is 0.191 e. The van der Waals surface area contributed by atoms with E-state index in [2.05, 4.69) is 15.8 Å². The summed E-state index contributed by atoms with van der Waals surface area (Å²) in [5.41, 5.74) is 5.42. The first kappa shape index (κ1) is 20.1. The van der Waals surface area contributed by atoms with Gasteiger partial charge in [-0.3, -0.25) is 5.43 Å². The second-order valence-corrected chi connectivity index (χ2v) is 7.04. The number of ether oxygens (including phenoxy) is 1. The summed E-state index contributed by atoms with van der Waals surface area (Å²) in [6.07, 6.45) is 1.67. The molecule has 0 amide bonds. The van der Waals surface area contributed by atoms with E-state index in [1.807, 2.05) is 60.7 Å². The van der Waals surface area contributed by atoms with Crippen molar-refractivity contribution in [3.05, 3.63) is 94.0 Å². The predicted octanol–water partition coefficient (Wildman–Crippen LogP) is 5.89. The van der Waals surface area contributed by atoms with E-state index in [9.17, 15) is 0 Å². The maximum Gasteiger partial charge on any atom is 0.191 e. The van der Waals surface area contributed by atoms with Crippen molar-refractivity contribution in [1.29, 1.82) is 0 Å². The lowest BCUT2D eigenvalue weighted by atomic mass is 10.2. The third kappa shape index (κ3) is 6.23. The second kappa shape index (κ2) is 10.1. The Morgan fingerprint density at radius 2 is 1.82 bits per heavy atom. The number of nitrogens with zero attached hydrogens (tertiary/aromatic N) is 1. The minimum atomic E-state index is 0.347. The first-order valence-electron chi connectivity index (χ1n) is 8.42. The Bertz CT molecular complexity index is 980. The highest BCUT2D eigenvalue weighted by Gasteiger charge is 2.03. The zero-order valence-corrected chi connectivity index (χ0v) is 17.1. The number of hydrogen-bond donors (Lipinski definition) is 2. The van der Waals surface area contributed by atoms with Gasteiger partial charge < -0.3 is 10.1 Å². The third-order valence-corrected chi connectivity index (χ3v) is 4.46. The van der Waals surface area contributed by atoms with E-state index in [-0.39, 0.29) is 0 Å². The molecule has 3 rings (SSSR count). The van der Waals surface area contributed by atoms with E-state index in [4.69, 9.17) is 40.2 Å². The molecule has 0 heterocycles. The summed E-state index contributed by atoms with van der Waals surface area (Å²) in [7, 11) is 0. The van der Waals surface area contributed by atoms with Crippen molar-refractivity contribution in [3.8, 4) is 5.75 Å². The number of hydrazone groups is 1. The molecule has 0 bridgehead atoms. The molecule has 3 aromatic carbocycles. The summed E-state index contributed by atoms with van der Waals surface area (Å²) in [5, 5.41) is 8.78. The minimum Gasteiger partial charge on any atom is -0.489 e. The van der Waals surface area contributed by atoms with E-state index in [0.717, 1.165) is 16.8 Å². The fourth-order valence-electron chi connectivity index (χ4n) is 2.33. The molecule has 0 unspecified atom stereocenters. The Balaban J connectivity index is 1.54. The SMILES string of the molecule is S=C(N/N=C/c1cccc(OCc2ccc(Cl)cc2Cl)c1)Nc1ccccc1. The van der Waals surface area contributed by atoms with Crippen molar-refractivity contribution in [3.63, 3.8) is 0 Å². The highest BCUT2D eigenvalue weighted by atomic mass is 35.5. The molecule has 3 aromatic rings.